The van der Waals surface area contributed by atoms with Crippen LogP contribution in [-0.2, 0) is 10.2 Å². The molecule has 0 saturated heterocycles. The number of rotatable bonds is 4. The molecule has 0 unspecified atom stereocenters. The first kappa shape index (κ1) is 18.9. The van der Waals surface area contributed by atoms with Gasteiger partial charge < -0.3 is 15.4 Å². The van der Waals surface area contributed by atoms with Crippen LogP contribution in [0.15, 0.2) is 66.1 Å². The predicted octanol–water partition coefficient (Wildman–Crippen LogP) is 3.60. The molecule has 31 heavy (non-hydrogen) atoms. The smallest absolute Gasteiger partial charge is 0.247 e. The molecule has 0 radical (unpaired) electrons. The Morgan fingerprint density at radius 1 is 1.19 bits per heavy atom. The van der Waals surface area contributed by atoms with Gasteiger partial charge in [-0.1, -0.05) is 61.9 Å². The van der Waals surface area contributed by atoms with Crippen molar-refractivity contribution in [3.05, 3.63) is 77.2 Å². The van der Waals surface area contributed by atoms with Gasteiger partial charge in [0.25, 0.3) is 0 Å². The number of unbranched alkanes of at least 4 members (excludes halogenated alkanes) is 1. The summed E-state index contributed by atoms with van der Waals surface area (Å²) in [6.45, 7) is 2.64. The number of para-hydroxylation sites is 1. The minimum atomic E-state index is -1.41. The Kier molecular flexibility index (Phi) is 4.29. The van der Waals surface area contributed by atoms with Gasteiger partial charge in [0.15, 0.2) is 0 Å². The number of fused-ring (bicyclic) bond motifs is 4. The average Bonchev–Trinajstić information content (AvgIpc) is 3.32. The third-order valence-electron chi connectivity index (χ3n) is 6.01. The van der Waals surface area contributed by atoms with E-state index in [0.29, 0.717) is 17.8 Å². The Labute approximate surface area is 179 Å². The van der Waals surface area contributed by atoms with Crippen molar-refractivity contribution in [1.29, 1.82) is 5.26 Å². The van der Waals surface area contributed by atoms with Crippen molar-refractivity contribution < 1.29 is 9.53 Å². The first-order valence-corrected chi connectivity index (χ1v) is 10.3. The highest BCUT2D eigenvalue weighted by molar-refractivity contribution is 6.15. The number of H-pyrrole nitrogens is 1. The van der Waals surface area contributed by atoms with Crippen LogP contribution in [0.5, 0.6) is 5.88 Å². The maximum Gasteiger partial charge on any atom is 0.247 e. The molecule has 0 fully saturated rings. The van der Waals surface area contributed by atoms with Crippen LogP contribution in [0.4, 0.5) is 5.69 Å². The number of hydrogen-bond acceptors (Lipinski definition) is 5. The van der Waals surface area contributed by atoms with Gasteiger partial charge in [-0.3, -0.25) is 9.89 Å². The zero-order valence-electron chi connectivity index (χ0n) is 17.1. The molecule has 0 aliphatic carbocycles. The predicted molar refractivity (Wildman–Crippen MR) is 116 cm³/mol. The summed E-state index contributed by atoms with van der Waals surface area (Å²) in [6, 6.07) is 19.4. The molecule has 154 valence electrons. The Morgan fingerprint density at radius 3 is 2.68 bits per heavy atom. The molecule has 2 aromatic carbocycles. The van der Waals surface area contributed by atoms with Gasteiger partial charge in [-0.2, -0.15) is 5.26 Å². The fraction of sp³-hybridized carbons (Fsp3) is 0.208. The summed E-state index contributed by atoms with van der Waals surface area (Å²) >= 11 is 0. The van der Waals surface area contributed by atoms with Gasteiger partial charge in [0.05, 0.1) is 11.3 Å². The number of aromatic amines is 1. The van der Waals surface area contributed by atoms with Crippen molar-refractivity contribution in [2.75, 3.05) is 11.4 Å². The van der Waals surface area contributed by atoms with Crippen LogP contribution in [0.2, 0.25) is 0 Å². The van der Waals surface area contributed by atoms with Crippen LogP contribution < -0.4 is 15.4 Å². The van der Waals surface area contributed by atoms with Gasteiger partial charge in [0.1, 0.15) is 17.1 Å². The molecule has 7 heteroatoms. The molecule has 3 aromatic rings. The fourth-order valence-electron chi connectivity index (χ4n) is 4.64. The molecule has 2 aliphatic rings. The second-order valence-electron chi connectivity index (χ2n) is 7.68. The molecule has 0 saturated carbocycles. The lowest BCUT2D eigenvalue weighted by Crippen LogP contribution is -2.46. The molecular weight excluding hydrogens is 390 g/mol. The number of hydrogen-bond donors (Lipinski definition) is 2. The molecule has 3 heterocycles. The number of nitrogens with zero attached hydrogens (tertiary/aromatic N) is 3. The standard InChI is InChI=1S/C24H21N5O2/c1-2-3-13-29-18-12-8-7-11-16(18)24(23(29)30)17(14-25)21(26)31-22-19(24)20(27-28-22)15-9-5-4-6-10-15/h4-12H,2-3,13,26H2,1H3,(H,27,28)/t24-/m1/s1. The molecule has 1 spiro atoms. The highest BCUT2D eigenvalue weighted by Crippen LogP contribution is 2.56. The molecule has 0 bridgehead atoms. The maximum atomic E-state index is 14.2. The fourth-order valence-corrected chi connectivity index (χ4v) is 4.64. The number of anilines is 1. The zero-order valence-corrected chi connectivity index (χ0v) is 17.1. The number of benzene rings is 2. The van der Waals surface area contributed by atoms with E-state index in [-0.39, 0.29) is 23.2 Å². The highest BCUT2D eigenvalue weighted by atomic mass is 16.5. The van der Waals surface area contributed by atoms with Crippen LogP contribution in [-0.4, -0.2) is 22.6 Å². The van der Waals surface area contributed by atoms with Crippen molar-refractivity contribution in [1.82, 2.24) is 10.2 Å². The zero-order chi connectivity index (χ0) is 21.6. The van der Waals surface area contributed by atoms with E-state index in [1.165, 1.54) is 0 Å². The van der Waals surface area contributed by atoms with Crippen molar-refractivity contribution in [3.63, 3.8) is 0 Å². The van der Waals surface area contributed by atoms with E-state index in [4.69, 9.17) is 10.5 Å². The van der Waals surface area contributed by atoms with Crippen LogP contribution in [0.1, 0.15) is 30.9 Å². The van der Waals surface area contributed by atoms with Crippen LogP contribution in [0, 0.1) is 11.3 Å². The summed E-state index contributed by atoms with van der Waals surface area (Å²) in [7, 11) is 0. The number of nitriles is 1. The van der Waals surface area contributed by atoms with Crippen molar-refractivity contribution in [3.8, 4) is 23.2 Å². The molecule has 3 N–H and O–H groups in total. The molecule has 2 aliphatic heterocycles. The Balaban J connectivity index is 1.86. The normalized spacial score (nSPS) is 19.2. The number of ether oxygens (including phenoxy) is 1. The molecular formula is C24H21N5O2. The second-order valence-corrected chi connectivity index (χ2v) is 7.68. The summed E-state index contributed by atoms with van der Waals surface area (Å²) in [5, 5.41) is 17.5. The molecule has 1 aromatic heterocycles. The lowest BCUT2D eigenvalue weighted by Gasteiger charge is -2.32. The molecule has 1 amide bonds. The highest BCUT2D eigenvalue weighted by Gasteiger charge is 2.60. The van der Waals surface area contributed by atoms with E-state index in [1.807, 2.05) is 54.6 Å². The second kappa shape index (κ2) is 7.03. The van der Waals surface area contributed by atoms with Crippen LogP contribution in [0.3, 0.4) is 0 Å². The SMILES string of the molecule is CCCCN1C(=O)[C@@]2(C(C#N)=C(N)Oc3n[nH]c(-c4ccccc4)c32)c2ccccc21. The molecule has 1 atom stereocenters. The van der Waals surface area contributed by atoms with Gasteiger partial charge in [-0.05, 0) is 12.5 Å². The first-order valence-electron chi connectivity index (χ1n) is 10.3. The maximum absolute atomic E-state index is 14.2. The van der Waals surface area contributed by atoms with Crippen LogP contribution >= 0.6 is 0 Å². The largest absolute Gasteiger partial charge is 0.420 e. The lowest BCUT2D eigenvalue weighted by atomic mass is 9.68. The minimum Gasteiger partial charge on any atom is -0.420 e. The molecule has 5 rings (SSSR count). The lowest BCUT2D eigenvalue weighted by molar-refractivity contribution is -0.121. The van der Waals surface area contributed by atoms with E-state index < -0.39 is 5.41 Å². The third kappa shape index (κ3) is 2.45. The van der Waals surface area contributed by atoms with Gasteiger partial charge >= 0.3 is 0 Å². The number of nitrogens with two attached hydrogens (primary N) is 1. The van der Waals surface area contributed by atoms with E-state index in [2.05, 4.69) is 23.2 Å². The summed E-state index contributed by atoms with van der Waals surface area (Å²) in [6.07, 6.45) is 1.79. The van der Waals surface area contributed by atoms with E-state index in [0.717, 1.165) is 29.7 Å². The number of amides is 1. The Morgan fingerprint density at radius 2 is 1.94 bits per heavy atom. The summed E-state index contributed by atoms with van der Waals surface area (Å²) in [5.74, 6) is -0.0813. The van der Waals surface area contributed by atoms with E-state index >= 15 is 0 Å². The summed E-state index contributed by atoms with van der Waals surface area (Å²) in [5.41, 5.74) is 8.38. The summed E-state index contributed by atoms with van der Waals surface area (Å²) in [4.78, 5) is 16.0. The Bertz CT molecular complexity index is 1250. The van der Waals surface area contributed by atoms with E-state index in [9.17, 15) is 10.1 Å². The van der Waals surface area contributed by atoms with Crippen molar-refractivity contribution in [2.24, 2.45) is 5.73 Å². The van der Waals surface area contributed by atoms with Crippen molar-refractivity contribution >= 4 is 11.6 Å². The monoisotopic (exact) mass is 411 g/mol. The number of carbonyl (C=O) groups excluding carboxylic acids is 1. The van der Waals surface area contributed by atoms with Gasteiger partial charge in [0, 0.05) is 23.4 Å². The van der Waals surface area contributed by atoms with E-state index in [1.54, 1.807) is 4.90 Å². The average molecular weight is 411 g/mol. The number of aromatic nitrogens is 2. The quantitative estimate of drug-likeness (QED) is 0.682. The number of nitrogens with one attached hydrogen (secondary N) is 1. The van der Waals surface area contributed by atoms with Gasteiger partial charge in [0.2, 0.25) is 17.7 Å². The first-order chi connectivity index (χ1) is 15.1. The number of carbonyl (C=O) groups is 1. The van der Waals surface area contributed by atoms with Gasteiger partial charge in [-0.15, -0.1) is 5.10 Å². The Hall–Kier alpha value is -4.05. The van der Waals surface area contributed by atoms with Crippen molar-refractivity contribution in [2.45, 2.75) is 25.2 Å². The molecule has 7 nitrogen and oxygen atoms in total. The third-order valence-corrected chi connectivity index (χ3v) is 6.01. The minimum absolute atomic E-state index is 0.0926. The van der Waals surface area contributed by atoms with Gasteiger partial charge in [-0.25, -0.2) is 0 Å². The summed E-state index contributed by atoms with van der Waals surface area (Å²) < 4.78 is 5.73. The topological polar surface area (TPSA) is 108 Å². The van der Waals surface area contributed by atoms with Crippen LogP contribution in [0.25, 0.3) is 11.3 Å².